The number of nitrogens with one attached hydrogen (secondary N) is 1. The van der Waals surface area contributed by atoms with E-state index >= 15 is 0 Å². The van der Waals surface area contributed by atoms with Crippen LogP contribution in [0.3, 0.4) is 0 Å². The number of aryl methyl sites for hydroxylation is 1. The van der Waals surface area contributed by atoms with Crippen molar-refractivity contribution in [2.24, 2.45) is 0 Å². The third-order valence-corrected chi connectivity index (χ3v) is 9.60. The molecule has 0 unspecified atom stereocenters. The van der Waals surface area contributed by atoms with Crippen molar-refractivity contribution in [2.75, 3.05) is 44.3 Å². The molecule has 0 bridgehead atoms. The summed E-state index contributed by atoms with van der Waals surface area (Å²) < 4.78 is 2.35. The van der Waals surface area contributed by atoms with Crippen molar-refractivity contribution < 1.29 is 0 Å². The summed E-state index contributed by atoms with van der Waals surface area (Å²) in [5, 5.41) is 5.78. The number of likely N-dealkylation sites (N-methyl/N-ethyl adjacent to an activating group) is 1. The monoisotopic (exact) mass is 581 g/mol. The van der Waals surface area contributed by atoms with Crippen LogP contribution in [-0.2, 0) is 0 Å². The number of hydrogen-bond acceptors (Lipinski definition) is 8. The van der Waals surface area contributed by atoms with Crippen LogP contribution in [0.15, 0.2) is 55.1 Å². The van der Waals surface area contributed by atoms with Crippen molar-refractivity contribution in [3.63, 3.8) is 0 Å². The van der Waals surface area contributed by atoms with Crippen molar-refractivity contribution in [1.29, 1.82) is 0 Å². The van der Waals surface area contributed by atoms with Crippen LogP contribution in [-0.4, -0.2) is 73.6 Å². The predicted molar refractivity (Wildman–Crippen MR) is 170 cm³/mol. The largest absolute Gasteiger partial charge is 0.383 e. The molecular weight excluding hydrogens is 546 g/mol. The summed E-state index contributed by atoms with van der Waals surface area (Å²) in [5.41, 5.74) is 12.2. The standard InChI is InChI=1S/C32H36ClN9/c1-20-3-12-27-25(29(20)33)17-35-32(39-27)38-22-6-4-21(5-7-22)26-18-42(31-28(26)30(34)36-19-37-31)24-10-8-23(9-11-24)41-15-13-40(2)14-16-41/h3-7,12,17-19,23-24H,8-11,13-16H2,1-2H3,(H2,34,36,37)(H,35,38,39)/t23-,24+. The number of nitrogens with two attached hydrogens (primary N) is 1. The highest BCUT2D eigenvalue weighted by molar-refractivity contribution is 6.36. The molecule has 0 spiro atoms. The molecule has 0 atom stereocenters. The van der Waals surface area contributed by atoms with Gasteiger partial charge in [-0.2, -0.15) is 0 Å². The highest BCUT2D eigenvalue weighted by atomic mass is 35.5. The van der Waals surface area contributed by atoms with Gasteiger partial charge in [0.05, 0.1) is 15.9 Å². The van der Waals surface area contributed by atoms with Crippen LogP contribution in [0.1, 0.15) is 37.3 Å². The van der Waals surface area contributed by atoms with Crippen LogP contribution in [0.5, 0.6) is 0 Å². The average molecular weight is 582 g/mol. The predicted octanol–water partition coefficient (Wildman–Crippen LogP) is 6.06. The zero-order chi connectivity index (χ0) is 28.8. The topological polar surface area (TPSA) is 101 Å². The number of nitrogens with zero attached hydrogens (tertiary/aromatic N) is 7. The summed E-state index contributed by atoms with van der Waals surface area (Å²) in [4.78, 5) is 23.3. The van der Waals surface area contributed by atoms with Crippen molar-refractivity contribution >= 4 is 51.0 Å². The summed E-state index contributed by atoms with van der Waals surface area (Å²) in [5.74, 6) is 1.04. The van der Waals surface area contributed by atoms with Gasteiger partial charge in [-0.25, -0.2) is 19.9 Å². The smallest absolute Gasteiger partial charge is 0.227 e. The summed E-state index contributed by atoms with van der Waals surface area (Å²) in [6.45, 7) is 6.67. The van der Waals surface area contributed by atoms with Gasteiger partial charge in [0.25, 0.3) is 0 Å². The van der Waals surface area contributed by atoms with Crippen molar-refractivity contribution in [3.8, 4) is 11.1 Å². The third kappa shape index (κ3) is 5.06. The molecule has 2 fully saturated rings. The van der Waals surface area contributed by atoms with E-state index in [2.05, 4.69) is 60.0 Å². The fourth-order valence-corrected chi connectivity index (χ4v) is 6.81. The molecular formula is C32H36ClN9. The van der Waals surface area contributed by atoms with Gasteiger partial charge in [0, 0.05) is 67.3 Å². The molecule has 42 heavy (non-hydrogen) atoms. The van der Waals surface area contributed by atoms with Gasteiger partial charge in [0.2, 0.25) is 5.95 Å². The zero-order valence-corrected chi connectivity index (χ0v) is 24.8. The summed E-state index contributed by atoms with van der Waals surface area (Å²) in [6, 6.07) is 13.3. The molecule has 0 amide bonds. The van der Waals surface area contributed by atoms with Gasteiger partial charge >= 0.3 is 0 Å². The highest BCUT2D eigenvalue weighted by Gasteiger charge is 2.30. The molecule has 1 saturated heterocycles. The lowest BCUT2D eigenvalue weighted by atomic mass is 9.89. The molecule has 1 aliphatic carbocycles. The third-order valence-electron chi connectivity index (χ3n) is 9.10. The van der Waals surface area contributed by atoms with E-state index in [1.54, 1.807) is 12.5 Å². The van der Waals surface area contributed by atoms with E-state index in [9.17, 15) is 0 Å². The maximum absolute atomic E-state index is 6.45. The second-order valence-corrected chi connectivity index (χ2v) is 12.1. The minimum absolute atomic E-state index is 0.405. The molecule has 7 rings (SSSR count). The first-order valence-corrected chi connectivity index (χ1v) is 15.2. The van der Waals surface area contributed by atoms with E-state index in [1.165, 1.54) is 39.0 Å². The summed E-state index contributed by atoms with van der Waals surface area (Å²) >= 11 is 6.44. The quantitative estimate of drug-likeness (QED) is 0.258. The van der Waals surface area contributed by atoms with Crippen LogP contribution in [0.4, 0.5) is 17.5 Å². The normalized spacial score (nSPS) is 20.4. The van der Waals surface area contributed by atoms with E-state index in [-0.39, 0.29) is 0 Å². The van der Waals surface area contributed by atoms with Gasteiger partial charge in [-0.05, 0) is 69.0 Å². The lowest BCUT2D eigenvalue weighted by Gasteiger charge is -2.41. The zero-order valence-electron chi connectivity index (χ0n) is 24.1. The number of hydrogen-bond donors (Lipinski definition) is 2. The Hall–Kier alpha value is -3.79. The number of fused-ring (bicyclic) bond motifs is 2. The van der Waals surface area contributed by atoms with E-state index in [4.69, 9.17) is 22.3 Å². The number of anilines is 3. The molecule has 5 aromatic rings. The Balaban J connectivity index is 1.12. The van der Waals surface area contributed by atoms with E-state index < -0.39 is 0 Å². The van der Waals surface area contributed by atoms with Crippen molar-refractivity contribution in [2.45, 2.75) is 44.7 Å². The van der Waals surface area contributed by atoms with Gasteiger partial charge in [-0.15, -0.1) is 0 Å². The second kappa shape index (κ2) is 11.1. The van der Waals surface area contributed by atoms with E-state index in [0.29, 0.717) is 28.9 Å². The van der Waals surface area contributed by atoms with Crippen LogP contribution in [0.25, 0.3) is 33.1 Å². The molecule has 2 aliphatic rings. The Morgan fingerprint density at radius 2 is 1.64 bits per heavy atom. The van der Waals surface area contributed by atoms with Crippen LogP contribution >= 0.6 is 11.6 Å². The van der Waals surface area contributed by atoms with Crippen molar-refractivity contribution in [1.82, 2.24) is 34.3 Å². The Morgan fingerprint density at radius 3 is 2.40 bits per heavy atom. The minimum atomic E-state index is 0.405. The lowest BCUT2D eigenvalue weighted by Crippen LogP contribution is -2.49. The lowest BCUT2D eigenvalue weighted by molar-refractivity contribution is 0.0828. The fourth-order valence-electron chi connectivity index (χ4n) is 6.60. The molecule has 1 saturated carbocycles. The molecule has 216 valence electrons. The first-order valence-electron chi connectivity index (χ1n) is 14.8. The van der Waals surface area contributed by atoms with E-state index in [1.807, 2.05) is 31.2 Å². The average Bonchev–Trinajstić information content (AvgIpc) is 3.41. The fraction of sp³-hybridized carbons (Fsp3) is 0.375. The number of aromatic nitrogens is 5. The SMILES string of the molecule is Cc1ccc2nc(Nc3ccc(-c4cn([C@H]5CC[C@@H](N6CCN(C)CC6)CC5)c5ncnc(N)c45)cc3)ncc2c1Cl. The maximum Gasteiger partial charge on any atom is 0.227 e. The van der Waals surface area contributed by atoms with Crippen LogP contribution in [0.2, 0.25) is 5.02 Å². The molecule has 2 aromatic carbocycles. The van der Waals surface area contributed by atoms with Gasteiger partial charge in [0.1, 0.15) is 17.8 Å². The Bertz CT molecular complexity index is 1730. The number of nitrogen functional groups attached to an aromatic ring is 1. The van der Waals surface area contributed by atoms with Crippen LogP contribution in [0, 0.1) is 6.92 Å². The Morgan fingerprint density at radius 1 is 0.905 bits per heavy atom. The van der Waals surface area contributed by atoms with Gasteiger partial charge < -0.3 is 20.5 Å². The van der Waals surface area contributed by atoms with Gasteiger partial charge in [-0.1, -0.05) is 29.8 Å². The number of halogens is 1. The molecule has 9 nitrogen and oxygen atoms in total. The molecule has 3 N–H and O–H groups in total. The molecule has 4 heterocycles. The molecule has 1 aliphatic heterocycles. The Labute approximate surface area is 250 Å². The number of piperazine rings is 1. The minimum Gasteiger partial charge on any atom is -0.383 e. The second-order valence-electron chi connectivity index (χ2n) is 11.7. The number of benzene rings is 2. The molecule has 10 heteroatoms. The first-order chi connectivity index (χ1) is 20.4. The van der Waals surface area contributed by atoms with Crippen LogP contribution < -0.4 is 11.1 Å². The first kappa shape index (κ1) is 27.1. The van der Waals surface area contributed by atoms with Gasteiger partial charge in [0.15, 0.2) is 0 Å². The number of rotatable bonds is 5. The summed E-state index contributed by atoms with van der Waals surface area (Å²) in [6.07, 6.45) is 10.3. The Kier molecular flexibility index (Phi) is 7.17. The summed E-state index contributed by atoms with van der Waals surface area (Å²) in [7, 11) is 2.22. The highest BCUT2D eigenvalue weighted by Crippen LogP contribution is 2.39. The van der Waals surface area contributed by atoms with E-state index in [0.717, 1.165) is 57.2 Å². The molecule has 0 radical (unpaired) electrons. The molecule has 3 aromatic heterocycles. The van der Waals surface area contributed by atoms with Gasteiger partial charge in [-0.3, -0.25) is 4.90 Å². The maximum atomic E-state index is 6.45. The van der Waals surface area contributed by atoms with Crippen molar-refractivity contribution in [3.05, 3.63) is 65.7 Å².